The lowest BCUT2D eigenvalue weighted by atomic mass is 9.97. The van der Waals surface area contributed by atoms with E-state index in [2.05, 4.69) is 53.8 Å². The van der Waals surface area contributed by atoms with E-state index >= 15 is 0 Å². The van der Waals surface area contributed by atoms with Gasteiger partial charge in [0.2, 0.25) is 0 Å². The molecule has 1 fully saturated rings. The minimum Gasteiger partial charge on any atom is -0.356 e. The molecule has 0 aliphatic heterocycles. The number of hydrogen-bond acceptors (Lipinski definition) is 1. The van der Waals surface area contributed by atoms with Gasteiger partial charge in [-0.15, -0.1) is 0 Å². The maximum absolute atomic E-state index is 3.42. The first-order chi connectivity index (χ1) is 8.92. The molecule has 0 saturated heterocycles. The van der Waals surface area contributed by atoms with Gasteiger partial charge in [-0.25, -0.2) is 0 Å². The minimum absolute atomic E-state index is 0.802. The predicted octanol–water partition coefficient (Wildman–Crippen LogP) is 5.09. The molecule has 0 unspecified atom stereocenters. The van der Waals surface area contributed by atoms with Gasteiger partial charge in [-0.2, -0.15) is 0 Å². The highest BCUT2D eigenvalue weighted by Crippen LogP contribution is 2.34. The van der Waals surface area contributed by atoms with Gasteiger partial charge >= 0.3 is 0 Å². The van der Waals surface area contributed by atoms with Gasteiger partial charge in [-0.1, -0.05) is 43.2 Å². The maximum atomic E-state index is 3.42. The van der Waals surface area contributed by atoms with Crippen molar-refractivity contribution in [1.29, 1.82) is 0 Å². The van der Waals surface area contributed by atoms with Gasteiger partial charge in [-0.05, 0) is 48.6 Å². The van der Waals surface area contributed by atoms with Gasteiger partial charge in [0.15, 0.2) is 0 Å². The van der Waals surface area contributed by atoms with Crippen molar-refractivity contribution >= 4 is 11.4 Å². The van der Waals surface area contributed by atoms with Crippen LogP contribution in [0.2, 0.25) is 0 Å². The van der Waals surface area contributed by atoms with Gasteiger partial charge < -0.3 is 5.32 Å². The van der Waals surface area contributed by atoms with Crippen LogP contribution in [0.3, 0.4) is 0 Å². The standard InChI is InChI=1S/C17H19N/c1-2-8-16(9-3-1)18-17-12-10-15(11-13-17)14-6-4-5-7-14/h1-3,8-14,18H,4-7H2. The first kappa shape index (κ1) is 11.3. The Morgan fingerprint density at radius 2 is 1.33 bits per heavy atom. The summed E-state index contributed by atoms with van der Waals surface area (Å²) in [6.07, 6.45) is 5.53. The lowest BCUT2D eigenvalue weighted by Crippen LogP contribution is -1.93. The van der Waals surface area contributed by atoms with E-state index in [0.29, 0.717) is 0 Å². The van der Waals surface area contributed by atoms with Crippen LogP contribution >= 0.6 is 0 Å². The Labute approximate surface area is 109 Å². The summed E-state index contributed by atoms with van der Waals surface area (Å²) < 4.78 is 0. The van der Waals surface area contributed by atoms with E-state index in [1.54, 1.807) is 0 Å². The number of hydrogen-bond donors (Lipinski definition) is 1. The molecule has 0 atom stereocenters. The quantitative estimate of drug-likeness (QED) is 0.784. The van der Waals surface area contributed by atoms with E-state index in [1.807, 2.05) is 6.07 Å². The van der Waals surface area contributed by atoms with E-state index < -0.39 is 0 Å². The molecule has 18 heavy (non-hydrogen) atoms. The van der Waals surface area contributed by atoms with Gasteiger partial charge in [0.25, 0.3) is 0 Å². The predicted molar refractivity (Wildman–Crippen MR) is 77.4 cm³/mol. The Morgan fingerprint density at radius 1 is 0.722 bits per heavy atom. The molecule has 1 saturated carbocycles. The van der Waals surface area contributed by atoms with Crippen molar-refractivity contribution in [3.63, 3.8) is 0 Å². The van der Waals surface area contributed by atoms with Crippen molar-refractivity contribution in [2.24, 2.45) is 0 Å². The Bertz CT molecular complexity index is 481. The van der Waals surface area contributed by atoms with Crippen LogP contribution in [0, 0.1) is 0 Å². The van der Waals surface area contributed by atoms with Crippen LogP contribution in [0.1, 0.15) is 37.2 Å². The lowest BCUT2D eigenvalue weighted by Gasteiger charge is -2.11. The maximum Gasteiger partial charge on any atom is 0.0384 e. The highest BCUT2D eigenvalue weighted by Gasteiger charge is 2.16. The fourth-order valence-electron chi connectivity index (χ4n) is 2.79. The molecule has 0 bridgehead atoms. The zero-order chi connectivity index (χ0) is 12.2. The molecular formula is C17H19N. The summed E-state index contributed by atoms with van der Waals surface area (Å²) in [6, 6.07) is 19.3. The van der Waals surface area contributed by atoms with Gasteiger partial charge in [0, 0.05) is 11.4 Å². The van der Waals surface area contributed by atoms with Crippen LogP contribution in [0.4, 0.5) is 11.4 Å². The van der Waals surface area contributed by atoms with E-state index in [4.69, 9.17) is 0 Å². The molecule has 1 nitrogen and oxygen atoms in total. The Morgan fingerprint density at radius 3 is 2.00 bits per heavy atom. The van der Waals surface area contributed by atoms with E-state index in [9.17, 15) is 0 Å². The smallest absolute Gasteiger partial charge is 0.0384 e. The number of benzene rings is 2. The third kappa shape index (κ3) is 2.56. The average Bonchev–Trinajstić information content (AvgIpc) is 2.95. The minimum atomic E-state index is 0.802. The second-order valence-corrected chi connectivity index (χ2v) is 5.09. The molecule has 3 rings (SSSR count). The van der Waals surface area contributed by atoms with Crippen molar-refractivity contribution < 1.29 is 0 Å². The summed E-state index contributed by atoms with van der Waals surface area (Å²) in [5.41, 5.74) is 3.82. The Kier molecular flexibility index (Phi) is 3.31. The Hall–Kier alpha value is -1.76. The summed E-state index contributed by atoms with van der Waals surface area (Å²) >= 11 is 0. The van der Waals surface area contributed by atoms with E-state index in [-0.39, 0.29) is 0 Å². The van der Waals surface area contributed by atoms with Crippen LogP contribution in [0.25, 0.3) is 0 Å². The van der Waals surface area contributed by atoms with Crippen molar-refractivity contribution in [1.82, 2.24) is 0 Å². The monoisotopic (exact) mass is 237 g/mol. The summed E-state index contributed by atoms with van der Waals surface area (Å²) in [5.74, 6) is 0.802. The zero-order valence-electron chi connectivity index (χ0n) is 10.6. The first-order valence-electron chi connectivity index (χ1n) is 6.84. The van der Waals surface area contributed by atoms with Crippen LogP contribution in [0.15, 0.2) is 54.6 Å². The third-order valence-electron chi connectivity index (χ3n) is 3.80. The number of para-hydroxylation sites is 1. The Balaban J connectivity index is 1.71. The topological polar surface area (TPSA) is 12.0 Å². The molecule has 1 heteroatoms. The van der Waals surface area contributed by atoms with Crippen LogP contribution in [-0.2, 0) is 0 Å². The van der Waals surface area contributed by atoms with Gasteiger partial charge in [0.1, 0.15) is 0 Å². The SMILES string of the molecule is c1ccc(Nc2ccc(C3CCCC3)cc2)cc1. The van der Waals surface area contributed by atoms with Gasteiger partial charge in [-0.3, -0.25) is 0 Å². The van der Waals surface area contributed by atoms with E-state index in [1.165, 1.54) is 36.9 Å². The zero-order valence-corrected chi connectivity index (χ0v) is 10.6. The highest BCUT2D eigenvalue weighted by atomic mass is 14.9. The molecule has 0 aromatic heterocycles. The fourth-order valence-corrected chi connectivity index (χ4v) is 2.79. The van der Waals surface area contributed by atoms with Crippen LogP contribution < -0.4 is 5.32 Å². The van der Waals surface area contributed by atoms with Gasteiger partial charge in [0.05, 0.1) is 0 Å². The normalized spacial score (nSPS) is 15.8. The molecule has 1 N–H and O–H groups in total. The molecule has 0 spiro atoms. The van der Waals surface area contributed by atoms with Crippen molar-refractivity contribution in [3.05, 3.63) is 60.2 Å². The number of nitrogens with one attached hydrogen (secondary N) is 1. The van der Waals surface area contributed by atoms with Crippen molar-refractivity contribution in [2.75, 3.05) is 5.32 Å². The molecule has 2 aromatic carbocycles. The summed E-state index contributed by atoms with van der Waals surface area (Å²) in [7, 11) is 0. The third-order valence-corrected chi connectivity index (χ3v) is 3.80. The molecule has 1 aliphatic carbocycles. The summed E-state index contributed by atoms with van der Waals surface area (Å²) in [4.78, 5) is 0. The molecular weight excluding hydrogens is 218 g/mol. The molecule has 1 aliphatic rings. The molecule has 0 radical (unpaired) electrons. The second-order valence-electron chi connectivity index (χ2n) is 5.09. The first-order valence-corrected chi connectivity index (χ1v) is 6.84. The van der Waals surface area contributed by atoms with E-state index in [0.717, 1.165) is 11.6 Å². The fraction of sp³-hybridized carbons (Fsp3) is 0.294. The van der Waals surface area contributed by atoms with Crippen LogP contribution in [-0.4, -0.2) is 0 Å². The van der Waals surface area contributed by atoms with Crippen LogP contribution in [0.5, 0.6) is 0 Å². The summed E-state index contributed by atoms with van der Waals surface area (Å²) in [5, 5.41) is 3.42. The molecule has 0 heterocycles. The molecule has 92 valence electrons. The van der Waals surface area contributed by atoms with Crippen molar-refractivity contribution in [2.45, 2.75) is 31.6 Å². The summed E-state index contributed by atoms with van der Waals surface area (Å²) in [6.45, 7) is 0. The average molecular weight is 237 g/mol. The highest BCUT2D eigenvalue weighted by molar-refractivity contribution is 5.59. The number of anilines is 2. The largest absolute Gasteiger partial charge is 0.356 e. The molecule has 0 amide bonds. The number of rotatable bonds is 3. The van der Waals surface area contributed by atoms with Crippen molar-refractivity contribution in [3.8, 4) is 0 Å². The second kappa shape index (κ2) is 5.26. The lowest BCUT2D eigenvalue weighted by molar-refractivity contribution is 0.723. The molecule has 2 aromatic rings.